The molecule has 0 saturated carbocycles. The molecule has 10 nitrogen and oxygen atoms in total. The molecule has 0 aliphatic carbocycles. The number of benzene rings is 2. The van der Waals surface area contributed by atoms with E-state index in [1.807, 2.05) is 67.3 Å². The molecule has 5 rings (SSSR count). The number of aryl methyl sites for hydroxylation is 1. The van der Waals surface area contributed by atoms with Crippen LogP contribution in [0.1, 0.15) is 44.0 Å². The predicted octanol–water partition coefficient (Wildman–Crippen LogP) is 4.86. The third-order valence-corrected chi connectivity index (χ3v) is 7.10. The number of piperidine rings is 1. The number of carbonyl (C=O) groups excluding carboxylic acids is 2. The van der Waals surface area contributed by atoms with E-state index in [-0.39, 0.29) is 18.5 Å². The molecule has 3 heterocycles. The van der Waals surface area contributed by atoms with E-state index in [0.717, 1.165) is 35.0 Å². The van der Waals surface area contributed by atoms with Crippen molar-refractivity contribution in [1.82, 2.24) is 24.3 Å². The Labute approximate surface area is 233 Å². The topological polar surface area (TPSA) is 114 Å². The average Bonchev–Trinajstić information content (AvgIpc) is 3.44. The molecule has 2 aromatic carbocycles. The van der Waals surface area contributed by atoms with Crippen LogP contribution in [-0.4, -0.2) is 62.9 Å². The molecule has 1 aliphatic rings. The number of likely N-dealkylation sites (tertiary alicyclic amines) is 1. The standard InChI is InChI=1S/C30H34N6O4/c1-30(2,3)40-29(38)32-21-10-8-13-35(18-21)28(37)20-15-22-26(25(17-20)39-5)34(4)27(33-22)24-16-19-9-6-7-11-23(19)36(24)14-12-31/h6-7,9,11,15-17,21H,8,10,13-14,18H2,1-5H3,(H,32,38)/t21-/m1/s1. The van der Waals surface area contributed by atoms with Crippen molar-refractivity contribution in [3.63, 3.8) is 0 Å². The van der Waals surface area contributed by atoms with Gasteiger partial charge in [-0.25, -0.2) is 9.78 Å². The summed E-state index contributed by atoms with van der Waals surface area (Å²) in [5, 5.41) is 13.4. The number of fused-ring (bicyclic) bond motifs is 2. The smallest absolute Gasteiger partial charge is 0.407 e. The predicted molar refractivity (Wildman–Crippen MR) is 152 cm³/mol. The lowest BCUT2D eigenvalue weighted by molar-refractivity contribution is 0.0452. The maximum Gasteiger partial charge on any atom is 0.407 e. The molecule has 40 heavy (non-hydrogen) atoms. The van der Waals surface area contributed by atoms with E-state index in [1.165, 1.54) is 0 Å². The largest absolute Gasteiger partial charge is 0.494 e. The van der Waals surface area contributed by atoms with Crippen LogP contribution in [0.2, 0.25) is 0 Å². The first-order valence-corrected chi connectivity index (χ1v) is 13.4. The summed E-state index contributed by atoms with van der Waals surface area (Å²) < 4.78 is 15.0. The number of methoxy groups -OCH3 is 1. The molecule has 1 saturated heterocycles. The number of alkyl carbamates (subject to hydrolysis) is 1. The summed E-state index contributed by atoms with van der Waals surface area (Å²) in [6, 6.07) is 15.5. The van der Waals surface area contributed by atoms with Crippen LogP contribution >= 0.6 is 0 Å². The van der Waals surface area contributed by atoms with Crippen molar-refractivity contribution in [2.75, 3.05) is 20.2 Å². The molecular weight excluding hydrogens is 508 g/mol. The monoisotopic (exact) mass is 542 g/mol. The SMILES string of the molecule is COc1cc(C(=O)N2CCC[C@@H](NC(=O)OC(C)(C)C)C2)cc2nc(-c3cc4ccccc4n3CC#N)n(C)c12. The number of amides is 2. The molecule has 1 aliphatic heterocycles. The number of nitriles is 1. The van der Waals surface area contributed by atoms with Crippen molar-refractivity contribution in [2.24, 2.45) is 7.05 Å². The van der Waals surface area contributed by atoms with Gasteiger partial charge in [0.25, 0.3) is 5.91 Å². The van der Waals surface area contributed by atoms with Crippen LogP contribution in [0.15, 0.2) is 42.5 Å². The fourth-order valence-corrected chi connectivity index (χ4v) is 5.39. The van der Waals surface area contributed by atoms with Gasteiger partial charge in [0.05, 0.1) is 24.4 Å². The van der Waals surface area contributed by atoms with Crippen LogP contribution in [0.25, 0.3) is 33.5 Å². The van der Waals surface area contributed by atoms with E-state index < -0.39 is 11.7 Å². The molecular formula is C30H34N6O4. The summed E-state index contributed by atoms with van der Waals surface area (Å²) in [6.45, 7) is 6.62. The molecule has 0 radical (unpaired) electrons. The van der Waals surface area contributed by atoms with Gasteiger partial charge in [0.2, 0.25) is 0 Å². The van der Waals surface area contributed by atoms with Crippen LogP contribution < -0.4 is 10.1 Å². The zero-order valence-electron chi connectivity index (χ0n) is 23.5. The minimum absolute atomic E-state index is 0.151. The van der Waals surface area contributed by atoms with Gasteiger partial charge in [0.1, 0.15) is 23.4 Å². The summed E-state index contributed by atoms with van der Waals surface area (Å²) in [5.41, 5.74) is 3.01. The Morgan fingerprint density at radius 1 is 1.20 bits per heavy atom. The number of nitrogens with zero attached hydrogens (tertiary/aromatic N) is 5. The van der Waals surface area contributed by atoms with Gasteiger partial charge < -0.3 is 28.8 Å². The summed E-state index contributed by atoms with van der Waals surface area (Å²) in [5.74, 6) is 1.05. The van der Waals surface area contributed by atoms with Gasteiger partial charge in [-0.15, -0.1) is 0 Å². The highest BCUT2D eigenvalue weighted by molar-refractivity contribution is 6.00. The summed E-state index contributed by atoms with van der Waals surface area (Å²) in [6.07, 6.45) is 1.05. The second-order valence-corrected chi connectivity index (χ2v) is 11.1. The van der Waals surface area contributed by atoms with Crippen molar-refractivity contribution >= 4 is 33.9 Å². The average molecular weight is 543 g/mol. The van der Waals surface area contributed by atoms with E-state index in [9.17, 15) is 14.9 Å². The Bertz CT molecular complexity index is 1640. The first-order valence-electron chi connectivity index (χ1n) is 13.4. The van der Waals surface area contributed by atoms with Gasteiger partial charge >= 0.3 is 6.09 Å². The molecule has 0 spiro atoms. The first-order chi connectivity index (χ1) is 19.1. The highest BCUT2D eigenvalue weighted by Gasteiger charge is 2.28. The molecule has 1 atom stereocenters. The molecule has 1 fully saturated rings. The second kappa shape index (κ2) is 10.6. The normalized spacial score (nSPS) is 15.7. The first kappa shape index (κ1) is 27.1. The minimum Gasteiger partial charge on any atom is -0.494 e. The van der Waals surface area contributed by atoms with Crippen molar-refractivity contribution < 1.29 is 19.1 Å². The van der Waals surface area contributed by atoms with Gasteiger partial charge in [-0.3, -0.25) is 4.79 Å². The lowest BCUT2D eigenvalue weighted by atomic mass is 10.0. The number of para-hydroxylation sites is 1. The zero-order chi connectivity index (χ0) is 28.6. The fraction of sp³-hybridized carbons (Fsp3) is 0.400. The Hall–Kier alpha value is -4.52. The maximum atomic E-state index is 13.6. The van der Waals surface area contributed by atoms with Crippen LogP contribution in [0.5, 0.6) is 5.75 Å². The van der Waals surface area contributed by atoms with Crippen LogP contribution in [0.3, 0.4) is 0 Å². The lowest BCUT2D eigenvalue weighted by Crippen LogP contribution is -2.50. The van der Waals surface area contributed by atoms with Crippen molar-refractivity contribution in [3.05, 3.63) is 48.0 Å². The highest BCUT2D eigenvalue weighted by Crippen LogP contribution is 2.34. The number of hydrogen-bond acceptors (Lipinski definition) is 6. The van der Waals surface area contributed by atoms with Crippen LogP contribution in [0, 0.1) is 11.3 Å². The lowest BCUT2D eigenvalue weighted by Gasteiger charge is -2.33. The summed E-state index contributed by atoms with van der Waals surface area (Å²) in [7, 11) is 3.48. The number of ether oxygens (including phenoxy) is 2. The molecule has 2 amide bonds. The molecule has 1 N–H and O–H groups in total. The number of rotatable bonds is 5. The van der Waals surface area contributed by atoms with Crippen molar-refractivity contribution in [1.29, 1.82) is 5.26 Å². The molecule has 2 aromatic heterocycles. The molecule has 10 heteroatoms. The number of hydrogen-bond donors (Lipinski definition) is 1. The minimum atomic E-state index is -0.593. The van der Waals surface area contributed by atoms with E-state index in [0.29, 0.717) is 35.7 Å². The Morgan fingerprint density at radius 3 is 2.70 bits per heavy atom. The third kappa shape index (κ3) is 5.19. The van der Waals surface area contributed by atoms with E-state index >= 15 is 0 Å². The maximum absolute atomic E-state index is 13.6. The fourth-order valence-electron chi connectivity index (χ4n) is 5.39. The quantitative estimate of drug-likeness (QED) is 0.385. The van der Waals surface area contributed by atoms with E-state index in [1.54, 1.807) is 24.1 Å². The molecule has 0 unspecified atom stereocenters. The zero-order valence-corrected chi connectivity index (χ0v) is 23.5. The van der Waals surface area contributed by atoms with Crippen molar-refractivity contribution in [3.8, 4) is 23.3 Å². The Morgan fingerprint density at radius 2 is 1.98 bits per heavy atom. The molecule has 208 valence electrons. The van der Waals surface area contributed by atoms with Gasteiger partial charge in [-0.1, -0.05) is 18.2 Å². The van der Waals surface area contributed by atoms with Gasteiger partial charge in [0, 0.05) is 42.6 Å². The summed E-state index contributed by atoms with van der Waals surface area (Å²) in [4.78, 5) is 32.6. The van der Waals surface area contributed by atoms with Crippen LogP contribution in [0.4, 0.5) is 4.79 Å². The number of imidazole rings is 1. The van der Waals surface area contributed by atoms with Gasteiger partial charge in [-0.05, 0) is 57.9 Å². The van der Waals surface area contributed by atoms with E-state index in [2.05, 4.69) is 11.4 Å². The molecule has 0 bridgehead atoms. The van der Waals surface area contributed by atoms with E-state index in [4.69, 9.17) is 14.5 Å². The Balaban J connectivity index is 1.47. The molecule has 4 aromatic rings. The van der Waals surface area contributed by atoms with Gasteiger partial charge in [0.15, 0.2) is 5.82 Å². The number of aromatic nitrogens is 3. The van der Waals surface area contributed by atoms with Gasteiger partial charge in [-0.2, -0.15) is 5.26 Å². The number of carbonyl (C=O) groups is 2. The second-order valence-electron chi connectivity index (χ2n) is 11.1. The van der Waals surface area contributed by atoms with Crippen LogP contribution in [-0.2, 0) is 18.3 Å². The highest BCUT2D eigenvalue weighted by atomic mass is 16.6. The summed E-state index contributed by atoms with van der Waals surface area (Å²) >= 11 is 0. The van der Waals surface area contributed by atoms with Crippen molar-refractivity contribution in [2.45, 2.75) is 51.8 Å². The third-order valence-electron chi connectivity index (χ3n) is 7.10. The number of nitrogens with one attached hydrogen (secondary N) is 1. The Kier molecular flexibility index (Phi) is 7.15.